The quantitative estimate of drug-likeness (QED) is 0.335. The standard InChI is InChI=1S/C5H8N4/c1-4-2-7-5(9-4)8-3-6/h4H,2H2,1H3,(H2,7,8,9)/t4-/m0/s1. The molecule has 0 aromatic rings. The van der Waals surface area contributed by atoms with Gasteiger partial charge in [-0.1, -0.05) is 0 Å². The average molecular weight is 124 g/mol. The molecule has 0 aliphatic carbocycles. The predicted molar refractivity (Wildman–Crippen MR) is 33.6 cm³/mol. The average Bonchev–Trinajstić information content (AvgIpc) is 2.17. The maximum atomic E-state index is 8.13. The van der Waals surface area contributed by atoms with Crippen molar-refractivity contribution in [2.24, 2.45) is 4.99 Å². The van der Waals surface area contributed by atoms with Crippen LogP contribution in [-0.2, 0) is 0 Å². The summed E-state index contributed by atoms with van der Waals surface area (Å²) in [6.07, 6.45) is 1.79. The van der Waals surface area contributed by atoms with Crippen molar-refractivity contribution in [3.63, 3.8) is 0 Å². The fraction of sp³-hybridized carbons (Fsp3) is 0.600. The van der Waals surface area contributed by atoms with Gasteiger partial charge in [-0.3, -0.25) is 10.3 Å². The van der Waals surface area contributed by atoms with Crippen molar-refractivity contribution < 1.29 is 0 Å². The summed E-state index contributed by atoms with van der Waals surface area (Å²) in [6.45, 7) is 2.76. The van der Waals surface area contributed by atoms with Crippen molar-refractivity contribution in [3.05, 3.63) is 0 Å². The monoisotopic (exact) mass is 124 g/mol. The Hall–Kier alpha value is -1.24. The highest BCUT2D eigenvalue weighted by Crippen LogP contribution is 1.90. The molecule has 1 rings (SSSR count). The van der Waals surface area contributed by atoms with E-state index in [1.807, 2.05) is 6.92 Å². The van der Waals surface area contributed by atoms with Crippen molar-refractivity contribution in [3.8, 4) is 6.19 Å². The molecular formula is C5H8N4. The Balaban J connectivity index is 2.38. The van der Waals surface area contributed by atoms with Crippen LogP contribution in [-0.4, -0.2) is 18.5 Å². The fourth-order valence-corrected chi connectivity index (χ4v) is 0.681. The zero-order valence-electron chi connectivity index (χ0n) is 5.18. The molecule has 0 unspecified atom stereocenters. The summed E-state index contributed by atoms with van der Waals surface area (Å²) in [5.41, 5.74) is 0. The topological polar surface area (TPSA) is 60.2 Å². The summed E-state index contributed by atoms with van der Waals surface area (Å²) in [6, 6.07) is 0.362. The highest BCUT2D eigenvalue weighted by molar-refractivity contribution is 5.82. The van der Waals surface area contributed by atoms with E-state index in [0.717, 1.165) is 6.54 Å². The van der Waals surface area contributed by atoms with Crippen LogP contribution in [0.5, 0.6) is 0 Å². The van der Waals surface area contributed by atoms with Gasteiger partial charge >= 0.3 is 0 Å². The van der Waals surface area contributed by atoms with Crippen LogP contribution in [0, 0.1) is 11.5 Å². The summed E-state index contributed by atoms with van der Waals surface area (Å²) in [7, 11) is 0. The van der Waals surface area contributed by atoms with Gasteiger partial charge in [0.2, 0.25) is 5.96 Å². The molecular weight excluding hydrogens is 116 g/mol. The van der Waals surface area contributed by atoms with E-state index in [9.17, 15) is 0 Å². The molecule has 9 heavy (non-hydrogen) atoms. The Kier molecular flexibility index (Phi) is 1.54. The third-order valence-electron chi connectivity index (χ3n) is 1.08. The first-order chi connectivity index (χ1) is 4.33. The van der Waals surface area contributed by atoms with Crippen LogP contribution >= 0.6 is 0 Å². The smallest absolute Gasteiger partial charge is 0.205 e. The van der Waals surface area contributed by atoms with Crippen LogP contribution in [0.1, 0.15) is 6.92 Å². The van der Waals surface area contributed by atoms with Crippen molar-refractivity contribution >= 4 is 5.96 Å². The van der Waals surface area contributed by atoms with E-state index in [-0.39, 0.29) is 0 Å². The number of aliphatic imine (C=N–C) groups is 1. The second-order valence-electron chi connectivity index (χ2n) is 1.97. The number of guanidine groups is 1. The summed E-state index contributed by atoms with van der Waals surface area (Å²) in [5, 5.41) is 13.5. The molecule has 1 heterocycles. The van der Waals surface area contributed by atoms with E-state index < -0.39 is 0 Å². The first-order valence-corrected chi connectivity index (χ1v) is 2.79. The number of nitrogens with zero attached hydrogens (tertiary/aromatic N) is 2. The summed E-state index contributed by atoms with van der Waals surface area (Å²) >= 11 is 0. The lowest BCUT2D eigenvalue weighted by Crippen LogP contribution is -2.34. The van der Waals surface area contributed by atoms with Crippen LogP contribution in [0.15, 0.2) is 4.99 Å². The van der Waals surface area contributed by atoms with E-state index in [1.54, 1.807) is 6.19 Å². The van der Waals surface area contributed by atoms with Gasteiger partial charge in [-0.25, -0.2) is 0 Å². The first-order valence-electron chi connectivity index (χ1n) is 2.79. The van der Waals surface area contributed by atoms with Gasteiger partial charge in [0.25, 0.3) is 0 Å². The molecule has 0 saturated heterocycles. The van der Waals surface area contributed by atoms with Gasteiger partial charge < -0.3 is 5.32 Å². The van der Waals surface area contributed by atoms with E-state index in [1.165, 1.54) is 0 Å². The normalized spacial score (nSPS) is 24.0. The second kappa shape index (κ2) is 2.35. The third kappa shape index (κ3) is 1.32. The van der Waals surface area contributed by atoms with Crippen LogP contribution in [0.3, 0.4) is 0 Å². The first kappa shape index (κ1) is 5.89. The SMILES string of the molecule is C[C@H]1CN=C(NC#N)N1. The van der Waals surface area contributed by atoms with Crippen LogP contribution in [0.4, 0.5) is 0 Å². The van der Waals surface area contributed by atoms with Gasteiger partial charge in [-0.15, -0.1) is 0 Å². The molecule has 0 spiro atoms. The van der Waals surface area contributed by atoms with E-state index in [2.05, 4.69) is 15.6 Å². The van der Waals surface area contributed by atoms with Crippen molar-refractivity contribution in [2.45, 2.75) is 13.0 Å². The maximum absolute atomic E-state index is 8.13. The van der Waals surface area contributed by atoms with Gasteiger partial charge in [0, 0.05) is 6.04 Å². The number of rotatable bonds is 0. The van der Waals surface area contributed by atoms with Crippen LogP contribution < -0.4 is 10.6 Å². The number of hydrogen-bond acceptors (Lipinski definition) is 4. The molecule has 1 aliphatic heterocycles. The van der Waals surface area contributed by atoms with Gasteiger partial charge in [0.1, 0.15) is 0 Å². The van der Waals surface area contributed by atoms with E-state index >= 15 is 0 Å². The molecule has 0 amide bonds. The number of nitrogens with one attached hydrogen (secondary N) is 2. The molecule has 0 bridgehead atoms. The zero-order valence-corrected chi connectivity index (χ0v) is 5.18. The molecule has 0 aromatic carbocycles. The molecule has 4 heteroatoms. The highest BCUT2D eigenvalue weighted by Gasteiger charge is 2.10. The fourth-order valence-electron chi connectivity index (χ4n) is 0.681. The molecule has 4 nitrogen and oxygen atoms in total. The molecule has 0 radical (unpaired) electrons. The molecule has 2 N–H and O–H groups in total. The lowest BCUT2D eigenvalue weighted by atomic mass is 10.4. The Labute approximate surface area is 53.6 Å². The second-order valence-corrected chi connectivity index (χ2v) is 1.97. The Bertz CT molecular complexity index is 166. The molecule has 48 valence electrons. The molecule has 1 atom stereocenters. The summed E-state index contributed by atoms with van der Waals surface area (Å²) in [4.78, 5) is 3.98. The minimum absolute atomic E-state index is 0.362. The minimum Gasteiger partial charge on any atom is -0.351 e. The van der Waals surface area contributed by atoms with Gasteiger partial charge in [-0.05, 0) is 6.92 Å². The Morgan fingerprint density at radius 3 is 3.22 bits per heavy atom. The number of hydrogen-bond donors (Lipinski definition) is 2. The molecule has 1 aliphatic rings. The van der Waals surface area contributed by atoms with Gasteiger partial charge in [0.05, 0.1) is 6.54 Å². The lowest BCUT2D eigenvalue weighted by Gasteiger charge is -2.01. The maximum Gasteiger partial charge on any atom is 0.205 e. The predicted octanol–water partition coefficient (Wildman–Crippen LogP) is -0.595. The zero-order chi connectivity index (χ0) is 6.69. The van der Waals surface area contributed by atoms with Crippen molar-refractivity contribution in [1.82, 2.24) is 10.6 Å². The Morgan fingerprint density at radius 2 is 2.78 bits per heavy atom. The Morgan fingerprint density at radius 1 is 2.00 bits per heavy atom. The summed E-state index contributed by atoms with van der Waals surface area (Å²) < 4.78 is 0. The van der Waals surface area contributed by atoms with Crippen LogP contribution in [0.2, 0.25) is 0 Å². The summed E-state index contributed by atoms with van der Waals surface area (Å²) in [5.74, 6) is 0.588. The molecule has 0 aromatic heterocycles. The molecule has 0 fully saturated rings. The van der Waals surface area contributed by atoms with Crippen molar-refractivity contribution in [1.29, 1.82) is 5.26 Å². The van der Waals surface area contributed by atoms with Gasteiger partial charge in [-0.2, -0.15) is 5.26 Å². The lowest BCUT2D eigenvalue weighted by molar-refractivity contribution is 0.721. The molecule has 0 saturated carbocycles. The number of nitriles is 1. The van der Waals surface area contributed by atoms with Gasteiger partial charge in [0.15, 0.2) is 6.19 Å². The van der Waals surface area contributed by atoms with Crippen molar-refractivity contribution in [2.75, 3.05) is 6.54 Å². The van der Waals surface area contributed by atoms with Crippen LogP contribution in [0.25, 0.3) is 0 Å². The van der Waals surface area contributed by atoms with E-state index in [0.29, 0.717) is 12.0 Å². The highest BCUT2D eigenvalue weighted by atomic mass is 15.2. The largest absolute Gasteiger partial charge is 0.351 e. The van der Waals surface area contributed by atoms with E-state index in [4.69, 9.17) is 5.26 Å². The minimum atomic E-state index is 0.362. The third-order valence-corrected chi connectivity index (χ3v) is 1.08.